The summed E-state index contributed by atoms with van der Waals surface area (Å²) in [6.07, 6.45) is 2.55. The first-order valence-corrected chi connectivity index (χ1v) is 11.7. The lowest BCUT2D eigenvalue weighted by molar-refractivity contribution is 0.0378. The Balaban J connectivity index is 1.71. The lowest BCUT2D eigenvalue weighted by Gasteiger charge is -2.18. The summed E-state index contributed by atoms with van der Waals surface area (Å²) in [5, 5.41) is 4.84. The van der Waals surface area contributed by atoms with Crippen molar-refractivity contribution in [1.29, 1.82) is 0 Å². The number of benzene rings is 1. The van der Waals surface area contributed by atoms with Crippen LogP contribution in [0.1, 0.15) is 57.7 Å². The third kappa shape index (κ3) is 3.93. The molecule has 0 bridgehead atoms. The van der Waals surface area contributed by atoms with Crippen LogP contribution in [-0.4, -0.2) is 18.0 Å². The number of hydrogen-bond acceptors (Lipinski definition) is 5. The Kier molecular flexibility index (Phi) is 5.69. The number of nitrogens with one attached hydrogen (secondary N) is 1. The van der Waals surface area contributed by atoms with Crippen molar-refractivity contribution in [2.75, 3.05) is 5.32 Å². The Hall–Kier alpha value is -1.89. The van der Waals surface area contributed by atoms with E-state index in [1.54, 1.807) is 0 Å². The number of hydrogen-bond donors (Lipinski definition) is 1. The van der Waals surface area contributed by atoms with Gasteiger partial charge in [0.1, 0.15) is 9.88 Å². The number of thiophene rings is 2. The Labute approximate surface area is 182 Å². The molecule has 1 atom stereocenters. The number of carbonyl (C=O) groups excluding carboxylic acids is 2. The fourth-order valence-corrected chi connectivity index (χ4v) is 6.45. The smallest absolute Gasteiger partial charge is 0.341 e. The summed E-state index contributed by atoms with van der Waals surface area (Å²) < 4.78 is 6.44. The Morgan fingerprint density at radius 3 is 2.72 bits per heavy atom. The number of amides is 1. The van der Waals surface area contributed by atoms with Crippen LogP contribution in [0.5, 0.6) is 0 Å². The number of fused-ring (bicyclic) bond motifs is 2. The Morgan fingerprint density at radius 2 is 2.00 bits per heavy atom. The topological polar surface area (TPSA) is 55.4 Å². The summed E-state index contributed by atoms with van der Waals surface area (Å²) in [6.45, 7) is 5.87. The van der Waals surface area contributed by atoms with Gasteiger partial charge in [0.2, 0.25) is 0 Å². The maximum absolute atomic E-state index is 13.0. The minimum Gasteiger partial charge on any atom is -0.459 e. The highest BCUT2D eigenvalue weighted by Crippen LogP contribution is 2.41. The highest BCUT2D eigenvalue weighted by atomic mass is 35.5. The average Bonchev–Trinajstić information content (AvgIpc) is 3.18. The van der Waals surface area contributed by atoms with Crippen LogP contribution in [0.25, 0.3) is 10.1 Å². The number of anilines is 1. The summed E-state index contributed by atoms with van der Waals surface area (Å²) in [5.41, 5.74) is 1.53. The van der Waals surface area contributed by atoms with Crippen LogP contribution in [0.2, 0.25) is 5.02 Å². The summed E-state index contributed by atoms with van der Waals surface area (Å²) >= 11 is 9.31. The molecule has 29 heavy (non-hydrogen) atoms. The molecule has 4 rings (SSSR count). The van der Waals surface area contributed by atoms with Gasteiger partial charge in [0.15, 0.2) is 0 Å². The Bertz CT molecular complexity index is 1100. The molecule has 0 aliphatic heterocycles. The fraction of sp³-hybridized carbons (Fsp3) is 0.364. The molecule has 3 aromatic rings. The number of ether oxygens (including phenoxy) is 1. The van der Waals surface area contributed by atoms with Gasteiger partial charge in [-0.2, -0.15) is 0 Å². The SMILES string of the molecule is CC1CCc2c(sc(NC(=O)c3sc4ccccc4c3Cl)c2C(=O)OC(C)C)C1. The van der Waals surface area contributed by atoms with Gasteiger partial charge in [0.25, 0.3) is 5.91 Å². The van der Waals surface area contributed by atoms with Crippen molar-refractivity contribution in [3.05, 3.63) is 50.2 Å². The highest BCUT2D eigenvalue weighted by molar-refractivity contribution is 7.22. The predicted molar refractivity (Wildman–Crippen MR) is 121 cm³/mol. The number of halogens is 1. The van der Waals surface area contributed by atoms with E-state index in [0.717, 1.165) is 39.8 Å². The van der Waals surface area contributed by atoms with Gasteiger partial charge in [-0.25, -0.2) is 4.79 Å². The first-order valence-electron chi connectivity index (χ1n) is 9.69. The third-order valence-corrected chi connectivity index (χ3v) is 7.87. The Morgan fingerprint density at radius 1 is 1.24 bits per heavy atom. The van der Waals surface area contributed by atoms with Crippen molar-refractivity contribution in [3.63, 3.8) is 0 Å². The van der Waals surface area contributed by atoms with Crippen LogP contribution in [0.4, 0.5) is 5.00 Å². The molecule has 1 amide bonds. The molecule has 0 fully saturated rings. The van der Waals surface area contributed by atoms with Gasteiger partial charge in [0, 0.05) is 15.0 Å². The van der Waals surface area contributed by atoms with E-state index in [0.29, 0.717) is 26.4 Å². The standard InChI is InChI=1S/C22H22ClNO3S2/c1-11(2)27-22(26)17-13-9-8-12(3)10-16(13)29-21(17)24-20(25)19-18(23)14-6-4-5-7-15(14)28-19/h4-7,11-12H,8-10H2,1-3H3,(H,24,25). The number of carbonyl (C=O) groups is 2. The zero-order valence-corrected chi connectivity index (χ0v) is 18.9. The van der Waals surface area contributed by atoms with E-state index < -0.39 is 0 Å². The summed E-state index contributed by atoms with van der Waals surface area (Å²) in [5.74, 6) is -0.0954. The zero-order valence-electron chi connectivity index (χ0n) is 16.5. The van der Waals surface area contributed by atoms with Crippen LogP contribution in [0, 0.1) is 5.92 Å². The molecule has 2 aromatic heterocycles. The monoisotopic (exact) mass is 447 g/mol. The summed E-state index contributed by atoms with van der Waals surface area (Å²) in [6, 6.07) is 7.67. The van der Waals surface area contributed by atoms with E-state index in [1.165, 1.54) is 22.7 Å². The number of esters is 1. The van der Waals surface area contributed by atoms with E-state index in [4.69, 9.17) is 16.3 Å². The first kappa shape index (κ1) is 20.4. The predicted octanol–water partition coefficient (Wildman–Crippen LogP) is 6.56. The molecule has 1 aliphatic carbocycles. The molecule has 1 N–H and O–H groups in total. The van der Waals surface area contributed by atoms with Gasteiger partial charge in [-0.05, 0) is 50.7 Å². The lowest BCUT2D eigenvalue weighted by Crippen LogP contribution is -2.18. The molecule has 7 heteroatoms. The van der Waals surface area contributed by atoms with Gasteiger partial charge in [0.05, 0.1) is 16.7 Å². The van der Waals surface area contributed by atoms with Crippen LogP contribution >= 0.6 is 34.3 Å². The minimum absolute atomic E-state index is 0.221. The molecule has 0 spiro atoms. The fourth-order valence-electron chi connectivity index (χ4n) is 3.65. The van der Waals surface area contributed by atoms with Crippen molar-refractivity contribution in [1.82, 2.24) is 0 Å². The zero-order chi connectivity index (χ0) is 20.7. The summed E-state index contributed by atoms with van der Waals surface area (Å²) in [7, 11) is 0. The second kappa shape index (κ2) is 8.09. The van der Waals surface area contributed by atoms with E-state index in [9.17, 15) is 9.59 Å². The van der Waals surface area contributed by atoms with Gasteiger partial charge in [-0.15, -0.1) is 22.7 Å². The molecule has 0 saturated carbocycles. The van der Waals surface area contributed by atoms with E-state index in [-0.39, 0.29) is 18.0 Å². The molecule has 1 unspecified atom stereocenters. The molecule has 4 nitrogen and oxygen atoms in total. The minimum atomic E-state index is -0.371. The van der Waals surface area contributed by atoms with Crippen LogP contribution < -0.4 is 5.32 Å². The molecular formula is C22H22ClNO3S2. The van der Waals surface area contributed by atoms with Gasteiger partial charge >= 0.3 is 5.97 Å². The van der Waals surface area contributed by atoms with Crippen molar-refractivity contribution in [3.8, 4) is 0 Å². The molecule has 0 saturated heterocycles. The van der Waals surface area contributed by atoms with Gasteiger partial charge in [-0.1, -0.05) is 36.7 Å². The van der Waals surface area contributed by atoms with Gasteiger partial charge < -0.3 is 10.1 Å². The highest BCUT2D eigenvalue weighted by Gasteiger charge is 2.30. The second-order valence-corrected chi connectivity index (χ2v) is 10.2. The molecule has 0 radical (unpaired) electrons. The van der Waals surface area contributed by atoms with Crippen LogP contribution in [0.3, 0.4) is 0 Å². The maximum Gasteiger partial charge on any atom is 0.341 e. The van der Waals surface area contributed by atoms with Crippen molar-refractivity contribution in [2.45, 2.75) is 46.1 Å². The molecular weight excluding hydrogens is 426 g/mol. The third-order valence-electron chi connectivity index (χ3n) is 5.03. The van der Waals surface area contributed by atoms with Crippen molar-refractivity contribution < 1.29 is 14.3 Å². The van der Waals surface area contributed by atoms with Crippen LogP contribution in [-0.2, 0) is 17.6 Å². The lowest BCUT2D eigenvalue weighted by atomic mass is 9.88. The number of rotatable bonds is 4. The van der Waals surface area contributed by atoms with Crippen molar-refractivity contribution in [2.24, 2.45) is 5.92 Å². The van der Waals surface area contributed by atoms with E-state index >= 15 is 0 Å². The van der Waals surface area contributed by atoms with E-state index in [2.05, 4.69) is 12.2 Å². The van der Waals surface area contributed by atoms with Crippen molar-refractivity contribution >= 4 is 61.2 Å². The van der Waals surface area contributed by atoms with Gasteiger partial charge in [-0.3, -0.25) is 4.79 Å². The van der Waals surface area contributed by atoms with Crippen LogP contribution in [0.15, 0.2) is 24.3 Å². The molecule has 152 valence electrons. The van der Waals surface area contributed by atoms with E-state index in [1.807, 2.05) is 38.1 Å². The largest absolute Gasteiger partial charge is 0.459 e. The molecule has 2 heterocycles. The quantitative estimate of drug-likeness (QED) is 0.461. The molecule has 1 aromatic carbocycles. The normalized spacial score (nSPS) is 16.1. The molecule has 1 aliphatic rings. The summed E-state index contributed by atoms with van der Waals surface area (Å²) in [4.78, 5) is 27.5. The maximum atomic E-state index is 13.0. The first-order chi connectivity index (χ1) is 13.8. The average molecular weight is 448 g/mol. The second-order valence-electron chi connectivity index (χ2n) is 7.71.